The summed E-state index contributed by atoms with van der Waals surface area (Å²) in [6.07, 6.45) is 44.6. The molecule has 8 atom stereocenters. The van der Waals surface area contributed by atoms with Gasteiger partial charge in [-0.05, 0) is 77.0 Å². The molecule has 1 saturated heterocycles. The lowest BCUT2D eigenvalue weighted by Crippen LogP contribution is -2.61. The Morgan fingerprint density at radius 3 is 1.40 bits per heavy atom. The van der Waals surface area contributed by atoms with Crippen molar-refractivity contribution in [2.45, 2.75) is 314 Å². The number of hydrogen-bond acceptors (Lipinski definition) is 10. The van der Waals surface area contributed by atoms with Crippen LogP contribution in [0.4, 0.5) is 0 Å². The second kappa shape index (κ2) is 47.9. The van der Waals surface area contributed by atoms with Gasteiger partial charge in [0.05, 0.1) is 25.4 Å². The van der Waals surface area contributed by atoms with E-state index in [1.807, 2.05) is 6.08 Å². The number of allylic oxidation sites excluding steroid dienone is 5. The van der Waals surface area contributed by atoms with Gasteiger partial charge in [0.2, 0.25) is 5.91 Å². The van der Waals surface area contributed by atoms with E-state index < -0.39 is 67.4 Å². The molecule has 0 aromatic rings. The minimum Gasteiger partial charge on any atom is -0.454 e. The summed E-state index contributed by atoms with van der Waals surface area (Å²) in [5.74, 6) is -1.20. The number of esters is 1. The highest BCUT2D eigenvalue weighted by molar-refractivity contribution is 5.80. The van der Waals surface area contributed by atoms with E-state index >= 15 is 0 Å². The smallest absolute Gasteiger partial charge is 0.306 e. The van der Waals surface area contributed by atoms with Gasteiger partial charge in [-0.25, -0.2) is 0 Å². The van der Waals surface area contributed by atoms with Crippen LogP contribution in [0.1, 0.15) is 265 Å². The Labute approximate surface area is 428 Å². The third-order valence-corrected chi connectivity index (χ3v) is 13.8. The number of unbranched alkanes of at least 4 members (excludes halogenated alkanes) is 31. The van der Waals surface area contributed by atoms with Gasteiger partial charge in [-0.1, -0.05) is 218 Å². The van der Waals surface area contributed by atoms with Crippen LogP contribution in [0.25, 0.3) is 0 Å². The van der Waals surface area contributed by atoms with Crippen LogP contribution >= 0.6 is 0 Å². The fourth-order valence-corrected chi connectivity index (χ4v) is 9.05. The average Bonchev–Trinajstić information content (AvgIpc) is 3.36. The van der Waals surface area contributed by atoms with Crippen LogP contribution in [0.3, 0.4) is 0 Å². The molecule has 1 fully saturated rings. The predicted octanol–water partition coefficient (Wildman–Crippen LogP) is 13.1. The van der Waals surface area contributed by atoms with Gasteiger partial charge >= 0.3 is 5.97 Å². The molecule has 0 spiro atoms. The number of aliphatic hydroxyl groups is 5. The number of nitrogens with one attached hydrogen (secondary N) is 1. The molecule has 0 bridgehead atoms. The summed E-state index contributed by atoms with van der Waals surface area (Å²) in [7, 11) is 0. The fourth-order valence-electron chi connectivity index (χ4n) is 9.05. The Morgan fingerprint density at radius 2 is 0.943 bits per heavy atom. The number of carbonyl (C=O) groups excluding carboxylic acids is 2. The monoisotopic (exact) mass is 992 g/mol. The topological polar surface area (TPSA) is 175 Å². The molecule has 1 heterocycles. The second-order valence-corrected chi connectivity index (χ2v) is 20.4. The quantitative estimate of drug-likeness (QED) is 0.0195. The molecular formula is C59H109NO10. The normalized spacial score (nSPS) is 19.9. The summed E-state index contributed by atoms with van der Waals surface area (Å²) >= 11 is 0. The minimum atomic E-state index is -1.61. The molecule has 0 aromatic carbocycles. The maximum Gasteiger partial charge on any atom is 0.306 e. The highest BCUT2D eigenvalue weighted by Gasteiger charge is 2.47. The third-order valence-electron chi connectivity index (χ3n) is 13.8. The van der Waals surface area contributed by atoms with Gasteiger partial charge in [0.15, 0.2) is 12.4 Å². The number of hydrogen-bond donors (Lipinski definition) is 6. The molecular weight excluding hydrogens is 883 g/mol. The number of amides is 1. The first kappa shape index (κ1) is 65.9. The molecule has 70 heavy (non-hydrogen) atoms. The first-order valence-corrected chi connectivity index (χ1v) is 29.3. The molecule has 1 rings (SSSR count). The van der Waals surface area contributed by atoms with Crippen LogP contribution < -0.4 is 5.32 Å². The number of rotatable bonds is 49. The lowest BCUT2D eigenvalue weighted by atomic mass is 9.99. The van der Waals surface area contributed by atoms with Gasteiger partial charge in [0.25, 0.3) is 0 Å². The number of ether oxygens (including phenoxy) is 3. The molecule has 11 nitrogen and oxygen atoms in total. The van der Waals surface area contributed by atoms with Gasteiger partial charge in [-0.2, -0.15) is 0 Å². The van der Waals surface area contributed by atoms with Gasteiger partial charge in [-0.3, -0.25) is 9.59 Å². The molecule has 0 saturated carbocycles. The van der Waals surface area contributed by atoms with Crippen molar-refractivity contribution in [3.05, 3.63) is 36.5 Å². The Morgan fingerprint density at radius 1 is 0.543 bits per heavy atom. The van der Waals surface area contributed by atoms with E-state index in [1.54, 1.807) is 6.08 Å². The summed E-state index contributed by atoms with van der Waals surface area (Å²) < 4.78 is 17.6. The Kier molecular flexibility index (Phi) is 45.1. The highest BCUT2D eigenvalue weighted by atomic mass is 16.7. The Bertz CT molecular complexity index is 1280. The van der Waals surface area contributed by atoms with Gasteiger partial charge in [0, 0.05) is 6.42 Å². The zero-order chi connectivity index (χ0) is 51.1. The third kappa shape index (κ3) is 35.9. The number of carbonyl (C=O) groups is 2. The standard InChI is InChI=1S/C59H109NO10/c1-4-7-10-13-16-19-22-25-27-29-32-35-38-41-44-47-54(64)70-57-56(66)55(65)53(48-61)69-59(57)68-49-50(51(62)45-42-39-36-33-30-24-21-18-15-12-9-6-3)60-58(67)52(63)46-43-40-37-34-31-28-26-23-20-17-14-11-8-5-2/h19-20,22-23,42,45,50-53,55-57,59,61-63,65-66H,4-18,21,24-41,43-44,46-49H2,1-3H3,(H,60,67)/b22-19-,23-20-,45-42+. The first-order valence-electron chi connectivity index (χ1n) is 29.3. The molecule has 11 heteroatoms. The fraction of sp³-hybridized carbons (Fsp3) is 0.864. The van der Waals surface area contributed by atoms with Crippen molar-refractivity contribution in [2.24, 2.45) is 0 Å². The van der Waals surface area contributed by atoms with Crippen molar-refractivity contribution in [1.82, 2.24) is 5.32 Å². The van der Waals surface area contributed by atoms with E-state index in [4.69, 9.17) is 14.2 Å². The molecule has 1 aliphatic rings. The van der Waals surface area contributed by atoms with Gasteiger partial charge in [-0.15, -0.1) is 0 Å². The van der Waals surface area contributed by atoms with Crippen LogP contribution in [-0.4, -0.2) is 99.6 Å². The summed E-state index contributed by atoms with van der Waals surface area (Å²) in [5.41, 5.74) is 0. The summed E-state index contributed by atoms with van der Waals surface area (Å²) in [6, 6.07) is -1.02. The molecule has 0 aromatic heterocycles. The summed E-state index contributed by atoms with van der Waals surface area (Å²) in [6.45, 7) is 5.75. The zero-order valence-electron chi connectivity index (χ0n) is 45.1. The van der Waals surface area contributed by atoms with Crippen LogP contribution in [-0.2, 0) is 23.8 Å². The highest BCUT2D eigenvalue weighted by Crippen LogP contribution is 2.26. The van der Waals surface area contributed by atoms with Crippen LogP contribution in [0, 0.1) is 0 Å². The number of aliphatic hydroxyl groups excluding tert-OH is 5. The summed E-state index contributed by atoms with van der Waals surface area (Å²) in [5, 5.41) is 56.8. The first-order chi connectivity index (χ1) is 34.2. The van der Waals surface area contributed by atoms with Crippen LogP contribution in [0.15, 0.2) is 36.5 Å². The van der Waals surface area contributed by atoms with E-state index in [9.17, 15) is 35.1 Å². The van der Waals surface area contributed by atoms with Gasteiger partial charge in [0.1, 0.15) is 24.4 Å². The van der Waals surface area contributed by atoms with E-state index in [2.05, 4.69) is 50.4 Å². The largest absolute Gasteiger partial charge is 0.454 e. The van der Waals surface area contributed by atoms with Gasteiger partial charge < -0.3 is 45.1 Å². The van der Waals surface area contributed by atoms with Crippen molar-refractivity contribution >= 4 is 11.9 Å². The maximum atomic E-state index is 13.4. The predicted molar refractivity (Wildman–Crippen MR) is 287 cm³/mol. The molecule has 6 N–H and O–H groups in total. The molecule has 0 radical (unpaired) electrons. The van der Waals surface area contributed by atoms with Crippen molar-refractivity contribution in [1.29, 1.82) is 0 Å². The van der Waals surface area contributed by atoms with E-state index in [1.165, 1.54) is 135 Å². The SMILES string of the molecule is CCCCCC/C=C\CCCCCCCCCC(=O)OC1C(OCC(NC(=O)C(O)CCCCCCCC/C=C\CCCCCC)C(O)/C=C/CCCCCCCCCCCC)OC(CO)C(O)C1O. The molecule has 410 valence electrons. The second-order valence-electron chi connectivity index (χ2n) is 20.4. The van der Waals surface area contributed by atoms with Crippen LogP contribution in [0.5, 0.6) is 0 Å². The molecule has 0 aliphatic carbocycles. The van der Waals surface area contributed by atoms with Crippen molar-refractivity contribution in [2.75, 3.05) is 13.2 Å². The maximum absolute atomic E-state index is 13.4. The van der Waals surface area contributed by atoms with E-state index in [-0.39, 0.29) is 19.4 Å². The lowest BCUT2D eigenvalue weighted by molar-refractivity contribution is -0.305. The Hall–Kier alpha value is -2.12. The average molecular weight is 993 g/mol. The minimum absolute atomic E-state index is 0.120. The van der Waals surface area contributed by atoms with E-state index in [0.29, 0.717) is 12.8 Å². The molecule has 8 unspecified atom stereocenters. The van der Waals surface area contributed by atoms with Crippen molar-refractivity contribution in [3.63, 3.8) is 0 Å². The van der Waals surface area contributed by atoms with Crippen molar-refractivity contribution < 1.29 is 49.3 Å². The van der Waals surface area contributed by atoms with Crippen molar-refractivity contribution in [3.8, 4) is 0 Å². The molecule has 1 amide bonds. The summed E-state index contributed by atoms with van der Waals surface area (Å²) in [4.78, 5) is 26.4. The lowest BCUT2D eigenvalue weighted by Gasteiger charge is -2.41. The molecule has 1 aliphatic heterocycles. The van der Waals surface area contributed by atoms with Crippen LogP contribution in [0.2, 0.25) is 0 Å². The van der Waals surface area contributed by atoms with E-state index in [0.717, 1.165) is 83.5 Å². The Balaban J connectivity index is 2.73. The zero-order valence-corrected chi connectivity index (χ0v) is 45.1.